The Balaban J connectivity index is 5.30. The number of amides is 1. The Morgan fingerprint density at radius 2 is 0.944 bits per heavy atom. The maximum Gasteiger partial charge on any atom is 0.306 e. The van der Waals surface area contributed by atoms with Crippen molar-refractivity contribution in [3.63, 3.8) is 0 Å². The van der Waals surface area contributed by atoms with Gasteiger partial charge in [0.25, 0.3) is 7.82 Å². The van der Waals surface area contributed by atoms with Gasteiger partial charge < -0.3 is 28.5 Å². The molecule has 0 aliphatic carbocycles. The average Bonchev–Trinajstić information content (AvgIpc) is 3.34. The number of carbonyl (C=O) groups excluding carboxylic acids is 2. The van der Waals surface area contributed by atoms with Crippen molar-refractivity contribution >= 4 is 19.7 Å². The summed E-state index contributed by atoms with van der Waals surface area (Å²) in [5, 5.41) is 3.00. The van der Waals surface area contributed by atoms with Crippen LogP contribution in [0.25, 0.3) is 0 Å². The number of allylic oxidation sites excluding steroid dienone is 13. The quantitative estimate of drug-likeness (QED) is 0.0161. The second-order valence-corrected chi connectivity index (χ2v) is 22.2. The van der Waals surface area contributed by atoms with E-state index in [1.54, 1.807) is 0 Å². The van der Waals surface area contributed by atoms with Crippen molar-refractivity contribution < 1.29 is 37.3 Å². The smallest absolute Gasteiger partial charge is 0.306 e. The van der Waals surface area contributed by atoms with E-state index in [0.717, 1.165) is 103 Å². The van der Waals surface area contributed by atoms with E-state index in [9.17, 15) is 19.0 Å². The van der Waals surface area contributed by atoms with Crippen LogP contribution in [0, 0.1) is 0 Å². The van der Waals surface area contributed by atoms with E-state index in [1.807, 2.05) is 39.4 Å². The van der Waals surface area contributed by atoms with Crippen molar-refractivity contribution in [2.45, 2.75) is 258 Å². The van der Waals surface area contributed by atoms with Gasteiger partial charge in [-0.2, -0.15) is 0 Å². The molecule has 0 aromatic rings. The molecule has 0 fully saturated rings. The van der Waals surface area contributed by atoms with E-state index in [2.05, 4.69) is 92.9 Å². The number of nitrogens with zero attached hydrogens (tertiary/aromatic N) is 1. The topological polar surface area (TPSA) is 114 Å². The van der Waals surface area contributed by atoms with Crippen LogP contribution in [0.3, 0.4) is 0 Å². The molecule has 1 amide bonds. The monoisotopic (exact) mass is 1030 g/mol. The number of phosphoric ester groups is 1. The molecule has 0 saturated carbocycles. The number of likely N-dealkylation sites (N-methyl/N-ethyl adjacent to an activating group) is 1. The zero-order valence-corrected chi connectivity index (χ0v) is 48.3. The number of rotatable bonds is 52. The van der Waals surface area contributed by atoms with Crippen molar-refractivity contribution in [3.8, 4) is 0 Å². The van der Waals surface area contributed by atoms with Gasteiger partial charge >= 0.3 is 5.97 Å². The Hall–Kier alpha value is -2.81. The molecule has 0 aliphatic rings. The van der Waals surface area contributed by atoms with Crippen molar-refractivity contribution in [3.05, 3.63) is 85.1 Å². The van der Waals surface area contributed by atoms with Gasteiger partial charge in [-0.05, 0) is 89.5 Å². The molecular formula is C62H111N2O7P. The molecule has 3 atom stereocenters. The lowest BCUT2D eigenvalue weighted by molar-refractivity contribution is -0.870. The van der Waals surface area contributed by atoms with Crippen LogP contribution in [0.15, 0.2) is 85.1 Å². The first-order valence-corrected chi connectivity index (χ1v) is 30.9. The Morgan fingerprint density at radius 1 is 0.514 bits per heavy atom. The fraction of sp³-hybridized carbons (Fsp3) is 0.742. The second-order valence-electron chi connectivity index (χ2n) is 20.8. The van der Waals surface area contributed by atoms with Gasteiger partial charge in [-0.25, -0.2) is 0 Å². The summed E-state index contributed by atoms with van der Waals surface area (Å²) in [6, 6.07) is -0.905. The summed E-state index contributed by atoms with van der Waals surface area (Å²) in [6.07, 6.45) is 66.9. The molecule has 0 heterocycles. The van der Waals surface area contributed by atoms with Gasteiger partial charge in [0.05, 0.1) is 33.8 Å². The third-order valence-corrected chi connectivity index (χ3v) is 13.6. The van der Waals surface area contributed by atoms with E-state index in [0.29, 0.717) is 17.4 Å². The van der Waals surface area contributed by atoms with E-state index in [-0.39, 0.29) is 31.3 Å². The van der Waals surface area contributed by atoms with Gasteiger partial charge in [0.15, 0.2) is 0 Å². The molecule has 3 unspecified atom stereocenters. The van der Waals surface area contributed by atoms with Gasteiger partial charge in [-0.15, -0.1) is 0 Å². The lowest BCUT2D eigenvalue weighted by atomic mass is 10.0. The van der Waals surface area contributed by atoms with Gasteiger partial charge in [-0.3, -0.25) is 14.2 Å². The molecule has 9 nitrogen and oxygen atoms in total. The Kier molecular flexibility index (Phi) is 49.6. The molecule has 1 N–H and O–H groups in total. The Bertz CT molecular complexity index is 1510. The van der Waals surface area contributed by atoms with Crippen molar-refractivity contribution in [2.75, 3.05) is 40.9 Å². The minimum atomic E-state index is -4.71. The molecule has 10 heteroatoms. The maximum absolute atomic E-state index is 13.5. The first-order valence-electron chi connectivity index (χ1n) is 29.4. The lowest BCUT2D eigenvalue weighted by Gasteiger charge is -2.30. The van der Waals surface area contributed by atoms with Crippen molar-refractivity contribution in [2.24, 2.45) is 0 Å². The minimum absolute atomic E-state index is 0.0315. The van der Waals surface area contributed by atoms with Crippen LogP contribution >= 0.6 is 7.82 Å². The normalized spacial score (nSPS) is 14.4. The Labute approximate surface area is 444 Å². The van der Waals surface area contributed by atoms with Crippen LogP contribution in [0.4, 0.5) is 0 Å². The number of phosphoric acid groups is 1. The molecule has 0 radical (unpaired) electrons. The summed E-state index contributed by atoms with van der Waals surface area (Å²) in [5.41, 5.74) is 0. The predicted molar refractivity (Wildman–Crippen MR) is 307 cm³/mol. The van der Waals surface area contributed by atoms with Crippen LogP contribution in [-0.4, -0.2) is 69.4 Å². The number of unbranched alkanes of at least 4 members (excludes halogenated alkanes) is 26. The number of hydrogen-bond donors (Lipinski definition) is 1. The molecule has 0 aromatic carbocycles. The van der Waals surface area contributed by atoms with E-state index >= 15 is 0 Å². The van der Waals surface area contributed by atoms with Gasteiger partial charge in [-0.1, -0.05) is 228 Å². The summed E-state index contributed by atoms with van der Waals surface area (Å²) in [6.45, 7) is 6.65. The van der Waals surface area contributed by atoms with Crippen LogP contribution < -0.4 is 10.2 Å². The Morgan fingerprint density at radius 3 is 1.47 bits per heavy atom. The number of ether oxygens (including phenoxy) is 1. The first kappa shape index (κ1) is 69.2. The van der Waals surface area contributed by atoms with Crippen molar-refractivity contribution in [1.82, 2.24) is 5.32 Å². The largest absolute Gasteiger partial charge is 0.756 e. The standard InChI is InChI=1S/C62H111N2O7P/c1-7-10-13-16-19-22-25-28-29-30-31-32-33-34-35-37-40-43-46-49-52-55-62(66)71-60(53-50-47-44-41-38-27-24-21-18-15-12-9-3)59(58-70-72(67,68)69-57-56-64(4,5)6)63-61(65)54-51-48-45-42-39-36-26-23-20-17-14-11-8-2/h11,14,17,19-20,22-23,26,28-29,31-32,50,53,59-60H,7-10,12-13,15-16,18,21,24-25,27,30,33-49,51-52,54-58H2,1-6H3,(H-,63,65,67,68)/b14-11+,20-17+,22-19-,26-23-,29-28-,32-31-,53-50-. The molecule has 0 rings (SSSR count). The highest BCUT2D eigenvalue weighted by Gasteiger charge is 2.27. The van der Waals surface area contributed by atoms with Crippen LogP contribution in [-0.2, 0) is 27.9 Å². The predicted octanol–water partition coefficient (Wildman–Crippen LogP) is 17.2. The molecular weight excluding hydrogens is 916 g/mol. The average molecular weight is 1030 g/mol. The molecule has 0 saturated heterocycles. The summed E-state index contributed by atoms with van der Waals surface area (Å²) >= 11 is 0. The SMILES string of the molecule is CC/C=C/C=C/C=C\CCCCCCCC(=O)NC(COP(=O)([O-])OCC[N+](C)(C)C)C(/C=C\CCCCCCCCCCCC)OC(=O)CCCCCCCCCC/C=C\C/C=C\C/C=C\CCCCC. The van der Waals surface area contributed by atoms with E-state index < -0.39 is 26.6 Å². The lowest BCUT2D eigenvalue weighted by Crippen LogP contribution is -2.47. The molecule has 0 aromatic heterocycles. The van der Waals surface area contributed by atoms with Crippen LogP contribution in [0.1, 0.15) is 245 Å². The first-order chi connectivity index (χ1) is 34.9. The van der Waals surface area contributed by atoms with Gasteiger partial charge in [0, 0.05) is 12.8 Å². The number of esters is 1. The molecule has 72 heavy (non-hydrogen) atoms. The third-order valence-electron chi connectivity index (χ3n) is 12.6. The van der Waals surface area contributed by atoms with Crippen LogP contribution in [0.5, 0.6) is 0 Å². The highest BCUT2D eigenvalue weighted by Crippen LogP contribution is 2.38. The maximum atomic E-state index is 13.5. The number of nitrogens with one attached hydrogen (secondary N) is 1. The zero-order chi connectivity index (χ0) is 52.9. The minimum Gasteiger partial charge on any atom is -0.756 e. The summed E-state index contributed by atoms with van der Waals surface area (Å²) < 4.78 is 30.2. The molecule has 0 bridgehead atoms. The van der Waals surface area contributed by atoms with Crippen LogP contribution in [0.2, 0.25) is 0 Å². The fourth-order valence-corrected chi connectivity index (χ4v) is 8.78. The molecule has 0 aliphatic heterocycles. The van der Waals surface area contributed by atoms with E-state index in [1.165, 1.54) is 103 Å². The molecule has 0 spiro atoms. The highest BCUT2D eigenvalue weighted by molar-refractivity contribution is 7.45. The number of carbonyl (C=O) groups is 2. The summed E-state index contributed by atoms with van der Waals surface area (Å²) in [4.78, 5) is 39.9. The zero-order valence-electron chi connectivity index (χ0n) is 47.4. The third kappa shape index (κ3) is 52.1. The fourth-order valence-electron chi connectivity index (χ4n) is 8.06. The summed E-state index contributed by atoms with van der Waals surface area (Å²) in [7, 11) is 1.16. The van der Waals surface area contributed by atoms with Crippen molar-refractivity contribution in [1.29, 1.82) is 0 Å². The summed E-state index contributed by atoms with van der Waals surface area (Å²) in [5.74, 6) is -0.577. The number of quaternary nitrogens is 1. The van der Waals surface area contributed by atoms with Gasteiger partial charge in [0.2, 0.25) is 5.91 Å². The second kappa shape index (κ2) is 51.7. The molecule has 416 valence electrons. The van der Waals surface area contributed by atoms with E-state index in [4.69, 9.17) is 13.8 Å². The highest BCUT2D eigenvalue weighted by atomic mass is 31.2. The number of hydrogen-bond acceptors (Lipinski definition) is 7. The van der Waals surface area contributed by atoms with Gasteiger partial charge in [0.1, 0.15) is 19.3 Å².